The quantitative estimate of drug-likeness (QED) is 0.574. The molecule has 0 radical (unpaired) electrons. The molecule has 1 atom stereocenters. The van der Waals surface area contributed by atoms with Gasteiger partial charge in [-0.05, 0) is 25.6 Å². The lowest BCUT2D eigenvalue weighted by molar-refractivity contribution is -0.137. The number of rotatable bonds is 5. The molecule has 3 aromatic rings. The molecule has 0 spiro atoms. The summed E-state index contributed by atoms with van der Waals surface area (Å²) in [6.07, 6.45) is -2.92. The number of para-hydroxylation sites is 1. The van der Waals surface area contributed by atoms with Crippen LogP contribution in [0, 0.1) is 0 Å². The lowest BCUT2D eigenvalue weighted by Gasteiger charge is -2.14. The summed E-state index contributed by atoms with van der Waals surface area (Å²) in [5, 5.41) is 13.9. The third kappa shape index (κ3) is 4.06. The molecule has 0 fully saturated rings. The number of nitrogens with zero attached hydrogens (tertiary/aromatic N) is 2. The van der Waals surface area contributed by atoms with E-state index in [4.69, 9.17) is 0 Å². The number of fused-ring (bicyclic) bond motifs is 1. The molecule has 9 heteroatoms. The number of hydrogen-bond donors (Lipinski definition) is 3. The first-order valence-corrected chi connectivity index (χ1v) is 10.6. The molecule has 144 valence electrons. The van der Waals surface area contributed by atoms with Crippen molar-refractivity contribution in [2.75, 3.05) is 25.2 Å². The van der Waals surface area contributed by atoms with Crippen molar-refractivity contribution in [1.29, 1.82) is 0 Å². The van der Waals surface area contributed by atoms with Crippen LogP contribution in [0.3, 0.4) is 0 Å². The van der Waals surface area contributed by atoms with Gasteiger partial charge in [0.2, 0.25) is 5.95 Å². The molecule has 2 aromatic heterocycles. The maximum atomic E-state index is 13.5. The second kappa shape index (κ2) is 7.44. The van der Waals surface area contributed by atoms with Gasteiger partial charge < -0.3 is 15.4 Å². The Morgan fingerprint density at radius 3 is 2.67 bits per heavy atom. The summed E-state index contributed by atoms with van der Waals surface area (Å²) >= 11 is 0. The van der Waals surface area contributed by atoms with Crippen LogP contribution in [0.15, 0.2) is 30.6 Å². The molecule has 1 unspecified atom stereocenters. The molecule has 5 nitrogen and oxygen atoms in total. The van der Waals surface area contributed by atoms with Crippen molar-refractivity contribution in [3.63, 3.8) is 0 Å². The van der Waals surface area contributed by atoms with E-state index in [-0.39, 0.29) is 18.2 Å². The van der Waals surface area contributed by atoms with Gasteiger partial charge >= 0.3 is 6.18 Å². The van der Waals surface area contributed by atoms with Gasteiger partial charge in [-0.3, -0.25) is 0 Å². The zero-order valence-electron chi connectivity index (χ0n) is 15.1. The van der Waals surface area contributed by atoms with Crippen molar-refractivity contribution in [3.05, 3.63) is 36.2 Å². The molecule has 0 aliphatic carbocycles. The van der Waals surface area contributed by atoms with Gasteiger partial charge in [-0.15, -0.1) is 0 Å². The molecule has 0 saturated carbocycles. The Labute approximate surface area is 155 Å². The third-order valence-corrected chi connectivity index (χ3v) is 5.42. The molecule has 1 aromatic carbocycles. The van der Waals surface area contributed by atoms with Gasteiger partial charge in [-0.25, -0.2) is 9.97 Å². The number of nitrogens with one attached hydrogen (secondary N) is 2. The van der Waals surface area contributed by atoms with Crippen molar-refractivity contribution in [3.8, 4) is 11.3 Å². The number of aliphatic hydroxyl groups is 1. The van der Waals surface area contributed by atoms with Crippen LogP contribution < -0.4 is 10.6 Å². The molecule has 0 aliphatic heterocycles. The minimum Gasteiger partial charge on any atom is -0.392 e. The van der Waals surface area contributed by atoms with Crippen LogP contribution >= 0.6 is 7.92 Å². The van der Waals surface area contributed by atoms with E-state index in [1.807, 2.05) is 12.1 Å². The van der Waals surface area contributed by atoms with E-state index >= 15 is 0 Å². The average molecular weight is 396 g/mol. The molecule has 0 saturated heterocycles. The van der Waals surface area contributed by atoms with Gasteiger partial charge in [-0.1, -0.05) is 26.1 Å². The van der Waals surface area contributed by atoms with Crippen molar-refractivity contribution in [2.24, 2.45) is 0 Å². The summed E-state index contributed by atoms with van der Waals surface area (Å²) in [5.74, 6) is 0.0395. The third-order valence-electron chi connectivity index (χ3n) is 4.08. The Hall–Kier alpha value is -2.18. The topological polar surface area (TPSA) is 73.8 Å². The number of aromatic amines is 1. The maximum Gasteiger partial charge on any atom is 0.419 e. The highest BCUT2D eigenvalue weighted by Crippen LogP contribution is 2.39. The molecule has 0 aliphatic rings. The maximum absolute atomic E-state index is 13.5. The number of aromatic nitrogens is 3. The van der Waals surface area contributed by atoms with Crippen LogP contribution in [0.4, 0.5) is 19.1 Å². The Morgan fingerprint density at radius 2 is 2.04 bits per heavy atom. The predicted octanol–water partition coefficient (Wildman–Crippen LogP) is 3.80. The first-order valence-electron chi connectivity index (χ1n) is 8.32. The molecular formula is C18H20F3N4OP. The van der Waals surface area contributed by atoms with Crippen molar-refractivity contribution < 1.29 is 18.3 Å². The van der Waals surface area contributed by atoms with E-state index in [9.17, 15) is 18.3 Å². The number of halogens is 3. The van der Waals surface area contributed by atoms with Crippen LogP contribution in [0.25, 0.3) is 22.2 Å². The number of anilines is 1. The largest absolute Gasteiger partial charge is 0.419 e. The minimum atomic E-state index is -4.58. The standard InChI is InChI=1S/C18H20F3N4OP/c1-10(26)7-23-17-24-9-13(18(19,20)21)15(25-17)12-8-22-16-11(12)5-4-6-14(16)27(2)3/h4-6,8-10,22,26H,7H2,1-3H3,(H,23,24,25). The SMILES string of the molecule is CC(O)CNc1ncc(C(F)(F)F)c(-c2c[nH]c3c(P(C)C)cccc23)n1. The van der Waals surface area contributed by atoms with E-state index < -0.39 is 25.8 Å². The van der Waals surface area contributed by atoms with E-state index in [2.05, 4.69) is 33.6 Å². The summed E-state index contributed by atoms with van der Waals surface area (Å²) in [7, 11) is -0.427. The fourth-order valence-electron chi connectivity index (χ4n) is 2.83. The highest BCUT2D eigenvalue weighted by atomic mass is 31.1. The number of H-pyrrole nitrogens is 1. The molecule has 3 rings (SSSR count). The molecule has 2 heterocycles. The van der Waals surface area contributed by atoms with E-state index in [1.54, 1.807) is 19.2 Å². The van der Waals surface area contributed by atoms with Gasteiger partial charge in [0.1, 0.15) is 5.56 Å². The highest BCUT2D eigenvalue weighted by Gasteiger charge is 2.36. The second-order valence-electron chi connectivity index (χ2n) is 6.48. The van der Waals surface area contributed by atoms with Gasteiger partial charge in [-0.2, -0.15) is 13.2 Å². The molecular weight excluding hydrogens is 376 g/mol. The number of benzene rings is 1. The van der Waals surface area contributed by atoms with Gasteiger partial charge in [0.05, 0.1) is 17.3 Å². The zero-order chi connectivity index (χ0) is 19.8. The van der Waals surface area contributed by atoms with Gasteiger partial charge in [0.15, 0.2) is 0 Å². The van der Waals surface area contributed by atoms with Gasteiger partial charge in [0, 0.05) is 29.9 Å². The van der Waals surface area contributed by atoms with Crippen molar-refractivity contribution in [1.82, 2.24) is 15.0 Å². The lowest BCUT2D eigenvalue weighted by Crippen LogP contribution is -2.18. The van der Waals surface area contributed by atoms with Crippen LogP contribution in [-0.4, -0.2) is 46.0 Å². The van der Waals surface area contributed by atoms with E-state index in [1.165, 1.54) is 0 Å². The number of alkyl halides is 3. The Morgan fingerprint density at radius 1 is 1.30 bits per heavy atom. The molecule has 0 bridgehead atoms. The number of aliphatic hydroxyl groups excluding tert-OH is 1. The predicted molar refractivity (Wildman–Crippen MR) is 103 cm³/mol. The lowest BCUT2D eigenvalue weighted by atomic mass is 10.1. The first-order chi connectivity index (χ1) is 12.7. The monoisotopic (exact) mass is 396 g/mol. The normalized spacial score (nSPS) is 13.3. The molecule has 27 heavy (non-hydrogen) atoms. The summed E-state index contributed by atoms with van der Waals surface area (Å²) in [5.41, 5.74) is 0.115. The fraction of sp³-hybridized carbons (Fsp3) is 0.333. The first kappa shape index (κ1) is 19.6. The average Bonchev–Trinajstić information content (AvgIpc) is 3.02. The Bertz CT molecular complexity index is 953. The van der Waals surface area contributed by atoms with Crippen molar-refractivity contribution >= 4 is 30.1 Å². The van der Waals surface area contributed by atoms with Crippen LogP contribution in [0.2, 0.25) is 0 Å². The Balaban J connectivity index is 2.18. The van der Waals surface area contributed by atoms with Crippen LogP contribution in [0.5, 0.6) is 0 Å². The minimum absolute atomic E-state index is 0.0395. The second-order valence-corrected chi connectivity index (χ2v) is 8.75. The van der Waals surface area contributed by atoms with Crippen LogP contribution in [0.1, 0.15) is 12.5 Å². The summed E-state index contributed by atoms with van der Waals surface area (Å²) in [6, 6.07) is 5.61. The van der Waals surface area contributed by atoms with Crippen LogP contribution in [-0.2, 0) is 6.18 Å². The molecule has 3 N–H and O–H groups in total. The Kier molecular flexibility index (Phi) is 5.40. The smallest absolute Gasteiger partial charge is 0.392 e. The van der Waals surface area contributed by atoms with Crippen molar-refractivity contribution in [2.45, 2.75) is 19.2 Å². The van der Waals surface area contributed by atoms with Gasteiger partial charge in [0.25, 0.3) is 0 Å². The van der Waals surface area contributed by atoms with E-state index in [0.717, 1.165) is 17.0 Å². The highest BCUT2D eigenvalue weighted by molar-refractivity contribution is 7.64. The fourth-order valence-corrected chi connectivity index (χ4v) is 3.84. The van der Waals surface area contributed by atoms with E-state index in [0.29, 0.717) is 10.9 Å². The zero-order valence-corrected chi connectivity index (χ0v) is 16.0. The number of hydrogen-bond acceptors (Lipinski definition) is 4. The summed E-state index contributed by atoms with van der Waals surface area (Å²) < 4.78 is 40.6. The summed E-state index contributed by atoms with van der Waals surface area (Å²) in [6.45, 7) is 5.88. The summed E-state index contributed by atoms with van der Waals surface area (Å²) in [4.78, 5) is 11.0. The molecule has 0 amide bonds.